The quantitative estimate of drug-likeness (QED) is 0.623. The highest BCUT2D eigenvalue weighted by Gasteiger charge is 2.59. The topological polar surface area (TPSA) is 66.4 Å². The number of hydrogen-bond donors (Lipinski definition) is 2. The van der Waals surface area contributed by atoms with Crippen LogP contribution in [0.4, 0.5) is 0 Å². The number of carbonyl (C=O) groups excluding carboxylic acids is 1. The molecule has 4 aliphatic rings. The molecule has 164 valence electrons. The van der Waals surface area contributed by atoms with Crippen LogP contribution in [-0.4, -0.2) is 23.5 Å². The van der Waals surface area contributed by atoms with Crippen LogP contribution in [0.15, 0.2) is 0 Å². The van der Waals surface area contributed by atoms with Crippen LogP contribution in [-0.2, 0) is 9.59 Å². The Hall–Kier alpha value is -1.06. The van der Waals surface area contributed by atoms with Crippen molar-refractivity contribution in [2.45, 2.75) is 97.3 Å². The van der Waals surface area contributed by atoms with E-state index in [0.29, 0.717) is 17.3 Å². The van der Waals surface area contributed by atoms with E-state index in [1.54, 1.807) is 0 Å². The first-order valence-corrected chi connectivity index (χ1v) is 12.3. The van der Waals surface area contributed by atoms with Gasteiger partial charge in [0.1, 0.15) is 6.54 Å². The van der Waals surface area contributed by atoms with Gasteiger partial charge in [-0.3, -0.25) is 9.59 Å². The second-order valence-electron chi connectivity index (χ2n) is 11.3. The van der Waals surface area contributed by atoms with Gasteiger partial charge in [0.25, 0.3) is 0 Å². The maximum absolute atomic E-state index is 11.9. The molecule has 7 unspecified atom stereocenters. The summed E-state index contributed by atoms with van der Waals surface area (Å²) in [6, 6.07) is 0. The monoisotopic (exact) mass is 403 g/mol. The molecule has 4 heteroatoms. The molecule has 4 rings (SSSR count). The van der Waals surface area contributed by atoms with E-state index in [9.17, 15) is 9.59 Å². The van der Waals surface area contributed by atoms with E-state index >= 15 is 0 Å². The molecule has 0 radical (unpaired) electrons. The number of carbonyl (C=O) groups is 2. The first-order chi connectivity index (χ1) is 13.8. The minimum absolute atomic E-state index is 0.112. The SMILES string of the molecule is CC12CCCCC1CCC1C2CCC2(C)C(CCCC(=O)NCC(=O)O)CCC12. The summed E-state index contributed by atoms with van der Waals surface area (Å²) in [6.45, 7) is 4.97. The molecule has 0 aromatic heterocycles. The zero-order chi connectivity index (χ0) is 20.6. The zero-order valence-corrected chi connectivity index (χ0v) is 18.5. The number of carboxylic acids is 1. The van der Waals surface area contributed by atoms with Gasteiger partial charge in [-0.2, -0.15) is 0 Å². The lowest BCUT2D eigenvalue weighted by molar-refractivity contribution is -0.138. The Kier molecular flexibility index (Phi) is 6.01. The molecule has 0 aliphatic heterocycles. The summed E-state index contributed by atoms with van der Waals surface area (Å²) in [6.07, 6.45) is 16.8. The van der Waals surface area contributed by atoms with Crippen LogP contribution in [0.1, 0.15) is 97.3 Å². The van der Waals surface area contributed by atoms with Crippen molar-refractivity contribution in [3.05, 3.63) is 0 Å². The van der Waals surface area contributed by atoms with Gasteiger partial charge in [0.2, 0.25) is 5.91 Å². The predicted octanol–water partition coefficient (Wildman–Crippen LogP) is 5.41. The zero-order valence-electron chi connectivity index (χ0n) is 18.5. The summed E-state index contributed by atoms with van der Waals surface area (Å²) in [5.74, 6) is 3.45. The molecule has 1 amide bonds. The fraction of sp³-hybridized carbons (Fsp3) is 0.920. The molecule has 4 saturated carbocycles. The summed E-state index contributed by atoms with van der Waals surface area (Å²) in [7, 11) is 0. The van der Waals surface area contributed by atoms with Crippen molar-refractivity contribution in [2.24, 2.45) is 40.4 Å². The van der Waals surface area contributed by atoms with Gasteiger partial charge in [-0.05, 0) is 105 Å². The summed E-state index contributed by atoms with van der Waals surface area (Å²) in [4.78, 5) is 22.5. The van der Waals surface area contributed by atoms with Crippen LogP contribution < -0.4 is 5.32 Å². The van der Waals surface area contributed by atoms with Crippen molar-refractivity contribution in [1.29, 1.82) is 0 Å². The molecule has 29 heavy (non-hydrogen) atoms. The lowest BCUT2D eigenvalue weighted by Crippen LogP contribution is -2.52. The average molecular weight is 404 g/mol. The van der Waals surface area contributed by atoms with Gasteiger partial charge in [0, 0.05) is 6.42 Å². The molecular formula is C25H41NO3. The first kappa shape index (κ1) is 21.2. The molecule has 4 nitrogen and oxygen atoms in total. The highest BCUT2D eigenvalue weighted by molar-refractivity contribution is 5.80. The van der Waals surface area contributed by atoms with Crippen molar-refractivity contribution >= 4 is 11.9 Å². The van der Waals surface area contributed by atoms with Crippen molar-refractivity contribution < 1.29 is 14.7 Å². The highest BCUT2D eigenvalue weighted by Crippen LogP contribution is 2.67. The fourth-order valence-electron chi connectivity index (χ4n) is 8.65. The molecule has 4 aliphatic carbocycles. The largest absolute Gasteiger partial charge is 0.480 e. The Labute approximate surface area is 176 Å². The fourth-order valence-corrected chi connectivity index (χ4v) is 8.65. The van der Waals surface area contributed by atoms with Crippen LogP contribution in [0.3, 0.4) is 0 Å². The first-order valence-electron chi connectivity index (χ1n) is 12.3. The molecule has 0 aromatic rings. The number of aliphatic carboxylic acids is 1. The van der Waals surface area contributed by atoms with Crippen LogP contribution in [0.5, 0.6) is 0 Å². The Morgan fingerprint density at radius 3 is 2.52 bits per heavy atom. The van der Waals surface area contributed by atoms with Crippen molar-refractivity contribution in [3.8, 4) is 0 Å². The van der Waals surface area contributed by atoms with E-state index in [-0.39, 0.29) is 12.5 Å². The van der Waals surface area contributed by atoms with E-state index in [1.165, 1.54) is 64.2 Å². The van der Waals surface area contributed by atoms with Gasteiger partial charge in [-0.25, -0.2) is 0 Å². The van der Waals surface area contributed by atoms with Gasteiger partial charge in [-0.15, -0.1) is 0 Å². The smallest absolute Gasteiger partial charge is 0.322 e. The maximum Gasteiger partial charge on any atom is 0.322 e. The molecule has 0 spiro atoms. The third-order valence-electron chi connectivity index (χ3n) is 10.2. The molecule has 7 atom stereocenters. The van der Waals surface area contributed by atoms with Gasteiger partial charge in [-0.1, -0.05) is 26.7 Å². The van der Waals surface area contributed by atoms with Gasteiger partial charge in [0.05, 0.1) is 0 Å². The molecule has 0 heterocycles. The van der Waals surface area contributed by atoms with Crippen LogP contribution in [0, 0.1) is 40.4 Å². The predicted molar refractivity (Wildman–Crippen MR) is 114 cm³/mol. The van der Waals surface area contributed by atoms with E-state index in [0.717, 1.165) is 42.4 Å². The van der Waals surface area contributed by atoms with Crippen molar-refractivity contribution in [3.63, 3.8) is 0 Å². The Bertz CT molecular complexity index is 634. The van der Waals surface area contributed by atoms with Gasteiger partial charge in [0.15, 0.2) is 0 Å². The molecular weight excluding hydrogens is 362 g/mol. The van der Waals surface area contributed by atoms with E-state index in [2.05, 4.69) is 19.2 Å². The molecule has 4 fully saturated rings. The van der Waals surface area contributed by atoms with E-state index in [4.69, 9.17) is 5.11 Å². The van der Waals surface area contributed by atoms with Crippen molar-refractivity contribution in [2.75, 3.05) is 6.54 Å². The minimum atomic E-state index is -0.970. The Balaban J connectivity index is 1.35. The standard InChI is InChI=1S/C25H41NO3/c1-24-14-4-3-6-17(24)9-11-19-20-12-10-18(25(20,2)15-13-21(19)24)7-5-8-22(27)26-16-23(28)29/h17-21H,3-16H2,1-2H3,(H,26,27)(H,28,29). The third kappa shape index (κ3) is 3.85. The minimum Gasteiger partial charge on any atom is -0.480 e. The summed E-state index contributed by atoms with van der Waals surface area (Å²) in [5.41, 5.74) is 1.08. The number of rotatable bonds is 6. The lowest BCUT2D eigenvalue weighted by Gasteiger charge is -2.60. The number of amides is 1. The van der Waals surface area contributed by atoms with E-state index < -0.39 is 5.97 Å². The van der Waals surface area contributed by atoms with Crippen LogP contribution in [0.25, 0.3) is 0 Å². The van der Waals surface area contributed by atoms with Crippen LogP contribution >= 0.6 is 0 Å². The van der Waals surface area contributed by atoms with Gasteiger partial charge < -0.3 is 10.4 Å². The molecule has 0 bridgehead atoms. The van der Waals surface area contributed by atoms with Crippen molar-refractivity contribution in [1.82, 2.24) is 5.32 Å². The number of fused-ring (bicyclic) bond motifs is 5. The van der Waals surface area contributed by atoms with E-state index in [1.807, 2.05) is 0 Å². The number of nitrogens with one attached hydrogen (secondary N) is 1. The highest BCUT2D eigenvalue weighted by atomic mass is 16.4. The Morgan fingerprint density at radius 1 is 0.931 bits per heavy atom. The average Bonchev–Trinajstić information content (AvgIpc) is 3.02. The second-order valence-corrected chi connectivity index (χ2v) is 11.3. The van der Waals surface area contributed by atoms with Crippen LogP contribution in [0.2, 0.25) is 0 Å². The number of carboxylic acid groups (broad SMARTS) is 1. The molecule has 0 aromatic carbocycles. The number of hydrogen-bond acceptors (Lipinski definition) is 2. The molecule has 2 N–H and O–H groups in total. The normalized spacial score (nSPS) is 43.7. The maximum atomic E-state index is 11.9. The Morgan fingerprint density at radius 2 is 1.72 bits per heavy atom. The summed E-state index contributed by atoms with van der Waals surface area (Å²) < 4.78 is 0. The molecule has 0 saturated heterocycles. The van der Waals surface area contributed by atoms with Gasteiger partial charge >= 0.3 is 5.97 Å². The third-order valence-corrected chi connectivity index (χ3v) is 10.2. The summed E-state index contributed by atoms with van der Waals surface area (Å²) in [5, 5.41) is 11.2. The second kappa shape index (κ2) is 8.23. The summed E-state index contributed by atoms with van der Waals surface area (Å²) >= 11 is 0. The lowest BCUT2D eigenvalue weighted by atomic mass is 9.45.